The average molecular weight is 467 g/mol. The summed E-state index contributed by atoms with van der Waals surface area (Å²) >= 11 is 0.461. The van der Waals surface area contributed by atoms with Crippen molar-refractivity contribution >= 4 is 34.4 Å². The van der Waals surface area contributed by atoms with E-state index >= 15 is 0 Å². The van der Waals surface area contributed by atoms with Crippen LogP contribution in [-0.2, 0) is 6.54 Å². The molecule has 0 fully saturated rings. The van der Waals surface area contributed by atoms with Crippen molar-refractivity contribution in [2.45, 2.75) is 17.2 Å². The van der Waals surface area contributed by atoms with Crippen LogP contribution in [0.5, 0.6) is 11.6 Å². The van der Waals surface area contributed by atoms with Crippen molar-refractivity contribution in [1.29, 1.82) is 0 Å². The third-order valence-electron chi connectivity index (χ3n) is 5.09. The van der Waals surface area contributed by atoms with E-state index in [0.717, 1.165) is 5.56 Å². The number of alkyl halides is 2. The van der Waals surface area contributed by atoms with Crippen LogP contribution in [0.1, 0.15) is 11.1 Å². The molecule has 4 rings (SSSR count). The molecule has 0 aliphatic carbocycles. The zero-order valence-corrected chi connectivity index (χ0v) is 18.4. The molecular formula is C25H20F2N2O3S. The van der Waals surface area contributed by atoms with Crippen LogP contribution in [0.4, 0.5) is 14.5 Å². The summed E-state index contributed by atoms with van der Waals surface area (Å²) in [6.45, 7) is 0.167. The van der Waals surface area contributed by atoms with Gasteiger partial charge in [0.2, 0.25) is 5.88 Å². The third kappa shape index (κ3) is 5.06. The van der Waals surface area contributed by atoms with Crippen LogP contribution in [-0.4, -0.2) is 28.8 Å². The first-order valence-electron chi connectivity index (χ1n) is 10.0. The Morgan fingerprint density at radius 2 is 1.70 bits per heavy atom. The van der Waals surface area contributed by atoms with E-state index in [1.54, 1.807) is 67.8 Å². The van der Waals surface area contributed by atoms with E-state index in [4.69, 9.17) is 4.74 Å². The summed E-state index contributed by atoms with van der Waals surface area (Å²) in [4.78, 5) is 17.9. The van der Waals surface area contributed by atoms with E-state index < -0.39 is 5.76 Å². The fourth-order valence-electron chi connectivity index (χ4n) is 3.45. The molecule has 8 heteroatoms. The maximum absolute atomic E-state index is 13.1. The van der Waals surface area contributed by atoms with Crippen molar-refractivity contribution in [3.05, 3.63) is 94.3 Å². The second-order valence-electron chi connectivity index (χ2n) is 7.15. The molecule has 168 valence electrons. The smallest absolute Gasteiger partial charge is 0.288 e. The van der Waals surface area contributed by atoms with Crippen molar-refractivity contribution in [2.24, 2.45) is 4.99 Å². The monoisotopic (exact) mass is 466 g/mol. The Morgan fingerprint density at radius 3 is 2.33 bits per heavy atom. The standard InChI is InChI=1S/C25H20F2N2O3S/c1-32-18-10-6-16(7-11-18)15-29-23(30)21-5-3-2-4-20(21)22(24(29)31)14-28-17-8-12-19(13-9-17)33-25(26)27/h2-14,25,31H,15H2,1H3. The lowest BCUT2D eigenvalue weighted by molar-refractivity contribution is 0.252. The van der Waals surface area contributed by atoms with Gasteiger partial charge in [-0.15, -0.1) is 0 Å². The van der Waals surface area contributed by atoms with E-state index in [-0.39, 0.29) is 18.0 Å². The number of aromatic hydroxyl groups is 1. The number of pyridine rings is 1. The Morgan fingerprint density at radius 1 is 1.03 bits per heavy atom. The largest absolute Gasteiger partial charge is 0.497 e. The number of hydrogen-bond acceptors (Lipinski definition) is 5. The highest BCUT2D eigenvalue weighted by molar-refractivity contribution is 7.99. The molecular weight excluding hydrogens is 446 g/mol. The Labute approximate surface area is 193 Å². The Bertz CT molecular complexity index is 1350. The van der Waals surface area contributed by atoms with Gasteiger partial charge in [0.1, 0.15) is 5.75 Å². The molecule has 0 radical (unpaired) electrons. The van der Waals surface area contributed by atoms with Gasteiger partial charge in [-0.3, -0.25) is 14.4 Å². The highest BCUT2D eigenvalue weighted by atomic mass is 32.2. The van der Waals surface area contributed by atoms with E-state index in [1.165, 1.54) is 10.8 Å². The minimum absolute atomic E-state index is 0.167. The molecule has 0 saturated carbocycles. The molecule has 1 heterocycles. The summed E-state index contributed by atoms with van der Waals surface area (Å²) in [5.74, 6) is -2.00. The summed E-state index contributed by atoms with van der Waals surface area (Å²) in [6.07, 6.45) is 1.48. The quantitative estimate of drug-likeness (QED) is 0.275. The van der Waals surface area contributed by atoms with Crippen molar-refractivity contribution < 1.29 is 18.6 Å². The van der Waals surface area contributed by atoms with Gasteiger partial charge in [-0.2, -0.15) is 8.78 Å². The zero-order chi connectivity index (χ0) is 23.4. The van der Waals surface area contributed by atoms with Gasteiger partial charge in [0, 0.05) is 21.9 Å². The van der Waals surface area contributed by atoms with Crippen LogP contribution in [0, 0.1) is 0 Å². The predicted molar refractivity (Wildman–Crippen MR) is 128 cm³/mol. The molecule has 0 spiro atoms. The first-order chi connectivity index (χ1) is 16.0. The molecule has 33 heavy (non-hydrogen) atoms. The molecule has 0 atom stereocenters. The topological polar surface area (TPSA) is 63.8 Å². The van der Waals surface area contributed by atoms with Crippen LogP contribution < -0.4 is 10.3 Å². The van der Waals surface area contributed by atoms with E-state index in [9.17, 15) is 18.7 Å². The number of methoxy groups -OCH3 is 1. The zero-order valence-electron chi connectivity index (χ0n) is 17.6. The summed E-state index contributed by atoms with van der Waals surface area (Å²) in [7, 11) is 1.57. The minimum Gasteiger partial charge on any atom is -0.497 e. The van der Waals surface area contributed by atoms with Gasteiger partial charge in [0.15, 0.2) is 0 Å². The molecule has 4 aromatic rings. The van der Waals surface area contributed by atoms with E-state index in [0.29, 0.717) is 44.4 Å². The highest BCUT2D eigenvalue weighted by Gasteiger charge is 2.15. The molecule has 0 saturated heterocycles. The number of benzene rings is 3. The number of thioether (sulfide) groups is 1. The fourth-order valence-corrected chi connectivity index (χ4v) is 3.95. The number of aromatic nitrogens is 1. The first-order valence-corrected chi connectivity index (χ1v) is 10.9. The van der Waals surface area contributed by atoms with Gasteiger partial charge in [-0.1, -0.05) is 42.1 Å². The van der Waals surface area contributed by atoms with Gasteiger partial charge in [0.05, 0.1) is 24.9 Å². The lowest BCUT2D eigenvalue weighted by atomic mass is 10.1. The predicted octanol–water partition coefficient (Wildman–Crippen LogP) is 5.83. The number of hydrogen-bond donors (Lipinski definition) is 1. The van der Waals surface area contributed by atoms with Crippen LogP contribution in [0.3, 0.4) is 0 Å². The average Bonchev–Trinajstić information content (AvgIpc) is 2.83. The molecule has 5 nitrogen and oxygen atoms in total. The number of rotatable bonds is 7. The van der Waals surface area contributed by atoms with Crippen molar-refractivity contribution in [3.63, 3.8) is 0 Å². The summed E-state index contributed by atoms with van der Waals surface area (Å²) in [6, 6.07) is 20.6. The lowest BCUT2D eigenvalue weighted by Crippen LogP contribution is -2.22. The first kappa shape index (κ1) is 22.5. The van der Waals surface area contributed by atoms with Crippen molar-refractivity contribution in [3.8, 4) is 11.6 Å². The van der Waals surface area contributed by atoms with Gasteiger partial charge >= 0.3 is 0 Å². The van der Waals surface area contributed by atoms with Crippen LogP contribution in [0.2, 0.25) is 0 Å². The van der Waals surface area contributed by atoms with Crippen LogP contribution in [0.15, 0.2) is 87.5 Å². The Kier molecular flexibility index (Phi) is 6.74. The molecule has 1 N–H and O–H groups in total. The number of fused-ring (bicyclic) bond motifs is 1. The van der Waals surface area contributed by atoms with Crippen molar-refractivity contribution in [2.75, 3.05) is 7.11 Å². The number of aliphatic imine (C=N–C) groups is 1. The van der Waals surface area contributed by atoms with E-state index in [1.807, 2.05) is 12.1 Å². The summed E-state index contributed by atoms with van der Waals surface area (Å²) < 4.78 is 31.5. The maximum atomic E-state index is 13.1. The van der Waals surface area contributed by atoms with Crippen LogP contribution >= 0.6 is 11.8 Å². The number of ether oxygens (including phenoxy) is 1. The molecule has 0 unspecified atom stereocenters. The molecule has 0 aliphatic heterocycles. The Balaban J connectivity index is 1.74. The Hall–Kier alpha value is -3.65. The SMILES string of the molecule is COc1ccc(Cn2c(O)c(C=Nc3ccc(SC(F)F)cc3)c3ccccc3c2=O)cc1. The second kappa shape index (κ2) is 9.87. The summed E-state index contributed by atoms with van der Waals surface area (Å²) in [5, 5.41) is 12.0. The molecule has 1 aromatic heterocycles. The molecule has 0 amide bonds. The third-order valence-corrected chi connectivity index (χ3v) is 5.82. The maximum Gasteiger partial charge on any atom is 0.288 e. The fraction of sp³-hybridized carbons (Fsp3) is 0.120. The molecule has 3 aromatic carbocycles. The summed E-state index contributed by atoms with van der Waals surface area (Å²) in [5.41, 5.74) is 1.43. The molecule has 0 aliphatic rings. The van der Waals surface area contributed by atoms with Gasteiger partial charge < -0.3 is 9.84 Å². The van der Waals surface area contributed by atoms with Gasteiger partial charge in [0.25, 0.3) is 11.3 Å². The minimum atomic E-state index is -2.49. The second-order valence-corrected chi connectivity index (χ2v) is 8.22. The number of nitrogens with zero attached hydrogens (tertiary/aromatic N) is 2. The lowest BCUT2D eigenvalue weighted by Gasteiger charge is -2.14. The van der Waals surface area contributed by atoms with Gasteiger partial charge in [-0.05, 0) is 48.0 Å². The van der Waals surface area contributed by atoms with Crippen LogP contribution in [0.25, 0.3) is 10.8 Å². The van der Waals surface area contributed by atoms with Gasteiger partial charge in [-0.25, -0.2) is 0 Å². The van der Waals surface area contributed by atoms with Crippen molar-refractivity contribution in [1.82, 2.24) is 4.57 Å². The van der Waals surface area contributed by atoms with E-state index in [2.05, 4.69) is 4.99 Å². The highest BCUT2D eigenvalue weighted by Crippen LogP contribution is 2.28. The number of halogens is 2. The normalized spacial score (nSPS) is 11.5. The molecule has 0 bridgehead atoms.